The molecule has 8 heteroatoms. The van der Waals surface area contributed by atoms with Gasteiger partial charge in [0.05, 0.1) is 17.2 Å². The van der Waals surface area contributed by atoms with Crippen LogP contribution in [0.3, 0.4) is 0 Å². The van der Waals surface area contributed by atoms with Crippen molar-refractivity contribution in [1.82, 2.24) is 4.90 Å². The van der Waals surface area contributed by atoms with Crippen molar-refractivity contribution in [3.8, 4) is 0 Å². The first-order chi connectivity index (χ1) is 11.1. The number of hydrogen-bond acceptors (Lipinski definition) is 4. The number of carbonyl (C=O) groups excluding carboxylic acids is 2. The second-order valence-corrected chi connectivity index (χ2v) is 6.64. The van der Waals surface area contributed by atoms with Gasteiger partial charge >= 0.3 is 5.97 Å². The van der Waals surface area contributed by atoms with Gasteiger partial charge in [0.25, 0.3) is 0 Å². The van der Waals surface area contributed by atoms with E-state index in [1.54, 1.807) is 13.8 Å². The van der Waals surface area contributed by atoms with Gasteiger partial charge in [-0.25, -0.2) is 4.79 Å². The highest BCUT2D eigenvalue weighted by atomic mass is 35.5. The van der Waals surface area contributed by atoms with Crippen LogP contribution in [0.25, 0.3) is 5.76 Å². The quantitative estimate of drug-likeness (QED) is 0.334. The number of amides is 1. The molecule has 1 aromatic carbocycles. The van der Waals surface area contributed by atoms with Crippen molar-refractivity contribution in [1.29, 1.82) is 0 Å². The monoisotopic (exact) mass is 392 g/mol. The van der Waals surface area contributed by atoms with E-state index in [4.69, 9.17) is 39.5 Å². The van der Waals surface area contributed by atoms with E-state index in [0.29, 0.717) is 0 Å². The molecule has 1 atom stereocenters. The first-order valence-electron chi connectivity index (χ1n) is 6.98. The van der Waals surface area contributed by atoms with Crippen molar-refractivity contribution < 1.29 is 19.4 Å². The van der Waals surface area contributed by atoms with E-state index in [1.165, 1.54) is 26.3 Å². The molecule has 0 fully saturated rings. The number of nitrogens with zero attached hydrogens (tertiary/aromatic N) is 1. The zero-order valence-electron chi connectivity index (χ0n) is 13.6. The summed E-state index contributed by atoms with van der Waals surface area (Å²) < 4.78 is 4.70. The maximum atomic E-state index is 12.3. The van der Waals surface area contributed by atoms with Gasteiger partial charge in [-0.3, -0.25) is 4.79 Å². The average molecular weight is 394 g/mol. The molecule has 0 bridgehead atoms. The SMILES string of the molecule is COC(=O)C(C(C)C)N(C)C(=O)/C=C(\[O-])c1cc(Cl)c(Cl)cc1Cl. The summed E-state index contributed by atoms with van der Waals surface area (Å²) in [5, 5.41) is 12.7. The van der Waals surface area contributed by atoms with Crippen molar-refractivity contribution in [2.75, 3.05) is 14.2 Å². The minimum absolute atomic E-state index is 0.0481. The zero-order chi connectivity index (χ0) is 18.6. The van der Waals surface area contributed by atoms with Crippen molar-refractivity contribution in [3.63, 3.8) is 0 Å². The lowest BCUT2D eigenvalue weighted by Crippen LogP contribution is -2.45. The van der Waals surface area contributed by atoms with Crippen LogP contribution < -0.4 is 5.11 Å². The summed E-state index contributed by atoms with van der Waals surface area (Å²) in [7, 11) is 2.66. The Morgan fingerprint density at radius 3 is 2.21 bits per heavy atom. The van der Waals surface area contributed by atoms with Crippen LogP contribution in [-0.4, -0.2) is 37.0 Å². The molecule has 5 nitrogen and oxygen atoms in total. The summed E-state index contributed by atoms with van der Waals surface area (Å²) in [5.41, 5.74) is 0.0481. The van der Waals surface area contributed by atoms with Gasteiger partial charge in [-0.1, -0.05) is 54.4 Å². The van der Waals surface area contributed by atoms with Gasteiger partial charge in [-0.15, -0.1) is 0 Å². The van der Waals surface area contributed by atoms with Gasteiger partial charge in [-0.2, -0.15) is 0 Å². The Morgan fingerprint density at radius 2 is 1.71 bits per heavy atom. The fraction of sp³-hybridized carbons (Fsp3) is 0.375. The minimum atomic E-state index is -0.809. The third-order valence-electron chi connectivity index (χ3n) is 3.37. The number of esters is 1. The average Bonchev–Trinajstić information content (AvgIpc) is 2.49. The van der Waals surface area contributed by atoms with E-state index in [2.05, 4.69) is 0 Å². The summed E-state index contributed by atoms with van der Waals surface area (Å²) in [5.74, 6) is -2.04. The number of carbonyl (C=O) groups is 2. The van der Waals surface area contributed by atoms with Gasteiger partial charge in [0.1, 0.15) is 6.04 Å². The van der Waals surface area contributed by atoms with Crippen LogP contribution in [0.4, 0.5) is 0 Å². The van der Waals surface area contributed by atoms with Crippen LogP contribution in [-0.2, 0) is 14.3 Å². The molecule has 0 saturated carbocycles. The Labute approximate surface area is 155 Å². The van der Waals surface area contributed by atoms with Crippen molar-refractivity contribution >= 4 is 52.4 Å². The highest BCUT2D eigenvalue weighted by Gasteiger charge is 2.29. The summed E-state index contributed by atoms with van der Waals surface area (Å²) in [6.07, 6.45) is 0.851. The molecule has 0 heterocycles. The van der Waals surface area contributed by atoms with Gasteiger partial charge in [-0.05, 0) is 29.7 Å². The third-order valence-corrected chi connectivity index (χ3v) is 4.40. The molecule has 0 aliphatic carbocycles. The third kappa shape index (κ3) is 4.79. The lowest BCUT2D eigenvalue weighted by Gasteiger charge is -2.28. The number of ether oxygens (including phenoxy) is 1. The Kier molecular flexibility index (Phi) is 7.39. The topological polar surface area (TPSA) is 69.7 Å². The molecule has 0 aromatic heterocycles. The first kappa shape index (κ1) is 20.6. The molecule has 0 aliphatic rings. The van der Waals surface area contributed by atoms with Crippen molar-refractivity contribution in [2.45, 2.75) is 19.9 Å². The summed E-state index contributed by atoms with van der Waals surface area (Å²) in [4.78, 5) is 25.3. The Morgan fingerprint density at radius 1 is 1.17 bits per heavy atom. The molecule has 1 aromatic rings. The summed E-state index contributed by atoms with van der Waals surface area (Å²) >= 11 is 17.6. The van der Waals surface area contributed by atoms with Crippen molar-refractivity contribution in [2.24, 2.45) is 5.92 Å². The van der Waals surface area contributed by atoms with Crippen LogP contribution >= 0.6 is 34.8 Å². The molecular weight excluding hydrogens is 377 g/mol. The second kappa shape index (κ2) is 8.60. The van der Waals surface area contributed by atoms with Crippen LogP contribution in [0.2, 0.25) is 15.1 Å². The number of hydrogen-bond donors (Lipinski definition) is 0. The number of benzene rings is 1. The molecule has 132 valence electrons. The molecule has 0 spiro atoms. The molecule has 0 aliphatic heterocycles. The minimum Gasteiger partial charge on any atom is -0.872 e. The molecule has 1 amide bonds. The highest BCUT2D eigenvalue weighted by molar-refractivity contribution is 6.43. The summed E-state index contributed by atoms with van der Waals surface area (Å²) in [6.45, 7) is 3.53. The van der Waals surface area contributed by atoms with Gasteiger partial charge in [0.15, 0.2) is 0 Å². The van der Waals surface area contributed by atoms with Gasteiger partial charge in [0.2, 0.25) is 5.91 Å². The van der Waals surface area contributed by atoms with E-state index in [-0.39, 0.29) is 26.5 Å². The molecule has 0 saturated heterocycles. The predicted octanol–water partition coefficient (Wildman–Crippen LogP) is 3.00. The predicted molar refractivity (Wildman–Crippen MR) is 92.9 cm³/mol. The number of rotatable bonds is 5. The Bertz CT molecular complexity index is 674. The molecule has 0 N–H and O–H groups in total. The standard InChI is InChI=1S/C16H18Cl3NO4/c1-8(2)15(16(23)24-4)20(3)14(22)7-13(21)9-5-11(18)12(19)6-10(9)17/h5-8,15,21H,1-4H3/p-1/b13-7-. The van der Waals surface area contributed by atoms with E-state index in [0.717, 1.165) is 11.0 Å². The van der Waals surface area contributed by atoms with E-state index in [1.807, 2.05) is 0 Å². The lowest BCUT2D eigenvalue weighted by atomic mass is 10.0. The highest BCUT2D eigenvalue weighted by Crippen LogP contribution is 2.31. The fourth-order valence-corrected chi connectivity index (χ4v) is 2.78. The van der Waals surface area contributed by atoms with E-state index in [9.17, 15) is 14.7 Å². The zero-order valence-corrected chi connectivity index (χ0v) is 15.9. The smallest absolute Gasteiger partial charge is 0.328 e. The van der Waals surface area contributed by atoms with Crippen molar-refractivity contribution in [3.05, 3.63) is 38.8 Å². The van der Waals surface area contributed by atoms with Gasteiger partial charge < -0.3 is 14.7 Å². The van der Waals surface area contributed by atoms with E-state index >= 15 is 0 Å². The maximum Gasteiger partial charge on any atom is 0.328 e. The van der Waals surface area contributed by atoms with Crippen LogP contribution in [0.5, 0.6) is 0 Å². The molecule has 0 radical (unpaired) electrons. The van der Waals surface area contributed by atoms with Crippen LogP contribution in [0.1, 0.15) is 19.4 Å². The largest absolute Gasteiger partial charge is 0.872 e. The molecule has 1 rings (SSSR count). The number of methoxy groups -OCH3 is 1. The fourth-order valence-electron chi connectivity index (χ4n) is 2.14. The number of likely N-dealkylation sites (N-methyl/N-ethyl adjacent to an activating group) is 1. The van der Waals surface area contributed by atoms with Crippen LogP contribution in [0.15, 0.2) is 18.2 Å². The summed E-state index contributed by atoms with van der Waals surface area (Å²) in [6, 6.07) is 1.81. The Hall–Kier alpha value is -1.43. The Balaban J connectivity index is 3.13. The lowest BCUT2D eigenvalue weighted by molar-refractivity contribution is -0.244. The van der Waals surface area contributed by atoms with Crippen LogP contribution in [0, 0.1) is 5.92 Å². The molecule has 24 heavy (non-hydrogen) atoms. The first-order valence-corrected chi connectivity index (χ1v) is 8.11. The van der Waals surface area contributed by atoms with E-state index < -0.39 is 23.7 Å². The molecule has 1 unspecified atom stereocenters. The molecular formula is C16H17Cl3NO4-. The normalized spacial score (nSPS) is 12.9. The maximum absolute atomic E-state index is 12.3. The van der Waals surface area contributed by atoms with Gasteiger partial charge in [0, 0.05) is 12.1 Å². The number of halogens is 3. The second-order valence-electron chi connectivity index (χ2n) is 5.42.